The Morgan fingerprint density at radius 1 is 1.59 bits per heavy atom. The molecule has 0 aromatic rings. The topological polar surface area (TPSA) is 49.8 Å². The number of aliphatic hydroxyl groups is 1. The first-order chi connectivity index (χ1) is 8.22. The van der Waals surface area contributed by atoms with Crippen LogP contribution in [0, 0.1) is 5.92 Å². The number of ether oxygens (including phenoxy) is 1. The number of carbonyl (C=O) groups is 1. The molecule has 1 rings (SSSR count). The molecule has 17 heavy (non-hydrogen) atoms. The summed E-state index contributed by atoms with van der Waals surface area (Å²) in [6.07, 6.45) is 4.97. The first kappa shape index (κ1) is 14.5. The predicted molar refractivity (Wildman–Crippen MR) is 66.7 cm³/mol. The van der Waals surface area contributed by atoms with Crippen molar-refractivity contribution in [3.63, 3.8) is 0 Å². The SMILES string of the molecule is CCCCC(C(=O)OC)N1CCC(CCO)C1. The molecule has 100 valence electrons. The molecule has 1 saturated heterocycles. The molecule has 0 radical (unpaired) electrons. The third kappa shape index (κ3) is 4.28. The number of rotatable bonds is 7. The third-order valence-electron chi connectivity index (χ3n) is 3.60. The zero-order chi connectivity index (χ0) is 12.7. The van der Waals surface area contributed by atoms with E-state index in [1.807, 2.05) is 0 Å². The molecule has 4 nitrogen and oxygen atoms in total. The van der Waals surface area contributed by atoms with Gasteiger partial charge in [0, 0.05) is 13.2 Å². The van der Waals surface area contributed by atoms with Crippen LogP contribution in [0.1, 0.15) is 39.0 Å². The van der Waals surface area contributed by atoms with Crippen LogP contribution < -0.4 is 0 Å². The fourth-order valence-corrected chi connectivity index (χ4v) is 2.55. The van der Waals surface area contributed by atoms with Crippen molar-refractivity contribution in [1.29, 1.82) is 0 Å². The highest BCUT2D eigenvalue weighted by atomic mass is 16.5. The summed E-state index contributed by atoms with van der Waals surface area (Å²) in [5.74, 6) is 0.428. The van der Waals surface area contributed by atoms with Crippen LogP contribution in [-0.4, -0.2) is 48.8 Å². The maximum absolute atomic E-state index is 11.8. The van der Waals surface area contributed by atoms with Crippen LogP contribution in [0.25, 0.3) is 0 Å². The van der Waals surface area contributed by atoms with Crippen LogP contribution in [0.15, 0.2) is 0 Å². The van der Waals surface area contributed by atoms with Gasteiger partial charge in [0.15, 0.2) is 0 Å². The van der Waals surface area contributed by atoms with E-state index in [1.54, 1.807) is 0 Å². The maximum atomic E-state index is 11.8. The summed E-state index contributed by atoms with van der Waals surface area (Å²) in [6, 6.07) is -0.0800. The molecule has 1 N–H and O–H groups in total. The molecule has 0 amide bonds. The summed E-state index contributed by atoms with van der Waals surface area (Å²) in [6.45, 7) is 4.25. The fourth-order valence-electron chi connectivity index (χ4n) is 2.55. The molecule has 0 aromatic heterocycles. The second-order valence-electron chi connectivity index (χ2n) is 4.84. The highest BCUT2D eigenvalue weighted by molar-refractivity contribution is 5.75. The van der Waals surface area contributed by atoms with Crippen LogP contribution in [0.5, 0.6) is 0 Å². The number of likely N-dealkylation sites (tertiary alicyclic amines) is 1. The number of methoxy groups -OCH3 is 1. The summed E-state index contributed by atoms with van der Waals surface area (Å²) in [5, 5.41) is 8.94. The minimum atomic E-state index is -0.108. The Balaban J connectivity index is 2.49. The Kier molecular flexibility index (Phi) is 6.52. The number of aliphatic hydroxyl groups excluding tert-OH is 1. The fraction of sp³-hybridized carbons (Fsp3) is 0.923. The second kappa shape index (κ2) is 7.67. The summed E-state index contributed by atoms with van der Waals surface area (Å²) in [5.41, 5.74) is 0. The monoisotopic (exact) mass is 243 g/mol. The minimum absolute atomic E-state index is 0.0800. The van der Waals surface area contributed by atoms with Crippen LogP contribution in [0.2, 0.25) is 0 Å². The molecule has 1 aliphatic rings. The summed E-state index contributed by atoms with van der Waals surface area (Å²) >= 11 is 0. The molecule has 1 fully saturated rings. The van der Waals surface area contributed by atoms with Gasteiger partial charge in [0.1, 0.15) is 6.04 Å². The normalized spacial score (nSPS) is 22.6. The lowest BCUT2D eigenvalue weighted by Gasteiger charge is -2.25. The number of hydrogen-bond acceptors (Lipinski definition) is 4. The van der Waals surface area contributed by atoms with Gasteiger partial charge in [-0.15, -0.1) is 0 Å². The largest absolute Gasteiger partial charge is 0.468 e. The van der Waals surface area contributed by atoms with Crippen molar-refractivity contribution in [2.24, 2.45) is 5.92 Å². The van der Waals surface area contributed by atoms with Crippen molar-refractivity contribution in [2.75, 3.05) is 26.8 Å². The number of hydrogen-bond donors (Lipinski definition) is 1. The Morgan fingerprint density at radius 2 is 2.35 bits per heavy atom. The lowest BCUT2D eigenvalue weighted by molar-refractivity contribution is -0.147. The summed E-state index contributed by atoms with van der Waals surface area (Å²) in [4.78, 5) is 14.0. The number of carbonyl (C=O) groups excluding carboxylic acids is 1. The van der Waals surface area contributed by atoms with Gasteiger partial charge in [0.25, 0.3) is 0 Å². The van der Waals surface area contributed by atoms with E-state index in [1.165, 1.54) is 7.11 Å². The van der Waals surface area contributed by atoms with Gasteiger partial charge in [0.2, 0.25) is 0 Å². The van der Waals surface area contributed by atoms with Crippen molar-refractivity contribution >= 4 is 5.97 Å². The quantitative estimate of drug-likeness (QED) is 0.687. The molecule has 2 unspecified atom stereocenters. The van der Waals surface area contributed by atoms with E-state index >= 15 is 0 Å². The van der Waals surface area contributed by atoms with Crippen LogP contribution >= 0.6 is 0 Å². The zero-order valence-corrected chi connectivity index (χ0v) is 11.0. The average molecular weight is 243 g/mol. The smallest absolute Gasteiger partial charge is 0.323 e. The zero-order valence-electron chi connectivity index (χ0n) is 11.0. The van der Waals surface area contributed by atoms with Gasteiger partial charge >= 0.3 is 5.97 Å². The Labute approximate surface area is 104 Å². The first-order valence-corrected chi connectivity index (χ1v) is 6.65. The van der Waals surface area contributed by atoms with Gasteiger partial charge in [-0.25, -0.2) is 0 Å². The Hall–Kier alpha value is -0.610. The molecule has 1 heterocycles. The maximum Gasteiger partial charge on any atom is 0.323 e. The predicted octanol–water partition coefficient (Wildman–Crippen LogP) is 1.42. The molecular formula is C13H25NO3. The van der Waals surface area contributed by atoms with Gasteiger partial charge in [-0.05, 0) is 31.7 Å². The molecule has 0 saturated carbocycles. The van der Waals surface area contributed by atoms with E-state index < -0.39 is 0 Å². The van der Waals surface area contributed by atoms with E-state index in [2.05, 4.69) is 11.8 Å². The lowest BCUT2D eigenvalue weighted by atomic mass is 10.1. The first-order valence-electron chi connectivity index (χ1n) is 6.65. The van der Waals surface area contributed by atoms with Crippen LogP contribution in [0.4, 0.5) is 0 Å². The molecule has 0 aromatic carbocycles. The van der Waals surface area contributed by atoms with Gasteiger partial charge in [-0.3, -0.25) is 9.69 Å². The van der Waals surface area contributed by atoms with Gasteiger partial charge < -0.3 is 9.84 Å². The number of nitrogens with zero attached hydrogens (tertiary/aromatic N) is 1. The minimum Gasteiger partial charge on any atom is -0.468 e. The summed E-state index contributed by atoms with van der Waals surface area (Å²) in [7, 11) is 1.46. The molecule has 1 aliphatic heterocycles. The number of esters is 1. The van der Waals surface area contributed by atoms with Gasteiger partial charge in [-0.2, -0.15) is 0 Å². The average Bonchev–Trinajstić information content (AvgIpc) is 2.78. The van der Waals surface area contributed by atoms with Crippen molar-refractivity contribution in [3.05, 3.63) is 0 Å². The van der Waals surface area contributed by atoms with Crippen molar-refractivity contribution in [3.8, 4) is 0 Å². The van der Waals surface area contributed by atoms with Crippen molar-refractivity contribution in [2.45, 2.75) is 45.1 Å². The van der Waals surface area contributed by atoms with E-state index in [0.717, 1.165) is 45.2 Å². The highest BCUT2D eigenvalue weighted by Crippen LogP contribution is 2.23. The van der Waals surface area contributed by atoms with Crippen LogP contribution in [0.3, 0.4) is 0 Å². The van der Waals surface area contributed by atoms with E-state index in [4.69, 9.17) is 9.84 Å². The lowest BCUT2D eigenvalue weighted by Crippen LogP contribution is -2.40. The second-order valence-corrected chi connectivity index (χ2v) is 4.84. The molecule has 4 heteroatoms. The Morgan fingerprint density at radius 3 is 2.94 bits per heavy atom. The molecule has 0 bridgehead atoms. The van der Waals surface area contributed by atoms with E-state index in [0.29, 0.717) is 5.92 Å². The third-order valence-corrected chi connectivity index (χ3v) is 3.60. The highest BCUT2D eigenvalue weighted by Gasteiger charge is 2.32. The molecular weight excluding hydrogens is 218 g/mol. The number of unbranched alkanes of at least 4 members (excludes halogenated alkanes) is 1. The molecule has 0 spiro atoms. The van der Waals surface area contributed by atoms with Gasteiger partial charge in [-0.1, -0.05) is 19.8 Å². The Bertz CT molecular complexity index is 233. The van der Waals surface area contributed by atoms with Crippen molar-refractivity contribution < 1.29 is 14.6 Å². The van der Waals surface area contributed by atoms with E-state index in [-0.39, 0.29) is 18.6 Å². The van der Waals surface area contributed by atoms with Gasteiger partial charge in [0.05, 0.1) is 7.11 Å². The molecule has 0 aliphatic carbocycles. The van der Waals surface area contributed by atoms with E-state index in [9.17, 15) is 4.79 Å². The standard InChI is InChI=1S/C13H25NO3/c1-3-4-5-12(13(16)17-2)14-8-6-11(10-14)7-9-15/h11-12,15H,3-10H2,1-2H3. The summed E-state index contributed by atoms with van der Waals surface area (Å²) < 4.78 is 4.89. The molecule has 2 atom stereocenters. The van der Waals surface area contributed by atoms with Crippen molar-refractivity contribution in [1.82, 2.24) is 4.90 Å². The van der Waals surface area contributed by atoms with Crippen LogP contribution in [-0.2, 0) is 9.53 Å².